The molecule has 0 unspecified atom stereocenters. The van der Waals surface area contributed by atoms with Crippen molar-refractivity contribution in [1.82, 2.24) is 0 Å². The molecule has 0 bridgehead atoms. The minimum atomic E-state index is -0.150. The first kappa shape index (κ1) is 14.2. The molecule has 2 nitrogen and oxygen atoms in total. The van der Waals surface area contributed by atoms with Gasteiger partial charge in [0.2, 0.25) is 5.91 Å². The monoisotopic (exact) mass is 297 g/mol. The molecule has 0 fully saturated rings. The van der Waals surface area contributed by atoms with Crippen LogP contribution in [0.3, 0.4) is 0 Å². The molecule has 0 aliphatic carbocycles. The number of rotatable bonds is 3. The number of amides is 1. The van der Waals surface area contributed by atoms with Crippen molar-refractivity contribution in [2.45, 2.75) is 39.4 Å². The van der Waals surface area contributed by atoms with Gasteiger partial charge >= 0.3 is 0 Å². The van der Waals surface area contributed by atoms with Crippen LogP contribution in [0.5, 0.6) is 0 Å². The number of hydrogen-bond acceptors (Lipinski definition) is 1. The summed E-state index contributed by atoms with van der Waals surface area (Å²) in [7, 11) is 0. The maximum absolute atomic E-state index is 12.0. The van der Waals surface area contributed by atoms with Gasteiger partial charge in [0.15, 0.2) is 0 Å². The maximum Gasteiger partial charge on any atom is 0.238 e. The summed E-state index contributed by atoms with van der Waals surface area (Å²) in [5.74, 6) is 0.302. The highest BCUT2D eigenvalue weighted by Gasteiger charge is 2.19. The van der Waals surface area contributed by atoms with E-state index >= 15 is 0 Å². The second-order valence-electron chi connectivity index (χ2n) is 4.91. The van der Waals surface area contributed by atoms with E-state index < -0.39 is 0 Å². The third-order valence-electron chi connectivity index (χ3n) is 2.76. The lowest BCUT2D eigenvalue weighted by atomic mass is 10.0. The number of halogens is 1. The van der Waals surface area contributed by atoms with Gasteiger partial charge in [0.05, 0.1) is 4.83 Å². The first-order valence-electron chi connectivity index (χ1n) is 5.85. The average molecular weight is 298 g/mol. The zero-order valence-electron chi connectivity index (χ0n) is 11.1. The van der Waals surface area contributed by atoms with E-state index in [1.165, 1.54) is 5.56 Å². The fourth-order valence-corrected chi connectivity index (χ4v) is 1.99. The Kier molecular flexibility index (Phi) is 4.75. The smallest absolute Gasteiger partial charge is 0.238 e. The number of nitrogens with one attached hydrogen (secondary N) is 1. The van der Waals surface area contributed by atoms with Gasteiger partial charge in [-0.05, 0) is 37.8 Å². The number of benzene rings is 1. The first-order valence-corrected chi connectivity index (χ1v) is 6.77. The highest BCUT2D eigenvalue weighted by Crippen LogP contribution is 2.23. The normalized spacial score (nSPS) is 12.6. The molecule has 0 saturated heterocycles. The minimum Gasteiger partial charge on any atom is -0.325 e. The number of anilines is 1. The topological polar surface area (TPSA) is 29.1 Å². The zero-order valence-corrected chi connectivity index (χ0v) is 12.7. The molecule has 0 aliphatic heterocycles. The lowest BCUT2D eigenvalue weighted by Crippen LogP contribution is -2.27. The molecule has 1 N–H and O–H groups in total. The Bertz CT molecular complexity index is 403. The third-order valence-corrected chi connectivity index (χ3v) is 4.23. The molecule has 0 heterocycles. The molecule has 1 amide bonds. The van der Waals surface area contributed by atoms with Crippen LogP contribution < -0.4 is 5.32 Å². The van der Waals surface area contributed by atoms with Gasteiger partial charge in [-0.15, -0.1) is 0 Å². The molecule has 1 atom stereocenters. The molecule has 0 saturated carbocycles. The minimum absolute atomic E-state index is 0.0232. The summed E-state index contributed by atoms with van der Waals surface area (Å²) in [5, 5.41) is 3.00. The van der Waals surface area contributed by atoms with Crippen LogP contribution in [-0.2, 0) is 4.79 Å². The van der Waals surface area contributed by atoms with Crippen molar-refractivity contribution < 1.29 is 4.79 Å². The summed E-state index contributed by atoms with van der Waals surface area (Å²) in [6.45, 7) is 10.1. The lowest BCUT2D eigenvalue weighted by molar-refractivity contribution is -0.116. The predicted molar refractivity (Wildman–Crippen MR) is 76.8 cm³/mol. The number of aryl methyl sites for hydroxylation is 3. The molecule has 0 spiro atoms. The van der Waals surface area contributed by atoms with Crippen LogP contribution in [0.2, 0.25) is 0 Å². The van der Waals surface area contributed by atoms with E-state index in [1.54, 1.807) is 0 Å². The Labute approximate surface area is 112 Å². The molecule has 1 rings (SSSR count). The van der Waals surface area contributed by atoms with E-state index in [4.69, 9.17) is 0 Å². The molecule has 3 heteroatoms. The maximum atomic E-state index is 12.0. The van der Waals surface area contributed by atoms with Crippen LogP contribution in [0.25, 0.3) is 0 Å². The van der Waals surface area contributed by atoms with E-state index in [0.29, 0.717) is 0 Å². The van der Waals surface area contributed by atoms with Gasteiger partial charge < -0.3 is 5.32 Å². The van der Waals surface area contributed by atoms with Crippen molar-refractivity contribution in [3.05, 3.63) is 28.8 Å². The number of carbonyl (C=O) groups excluding carboxylic acids is 1. The van der Waals surface area contributed by atoms with Crippen molar-refractivity contribution in [3.8, 4) is 0 Å². The second-order valence-corrected chi connectivity index (χ2v) is 5.90. The van der Waals surface area contributed by atoms with E-state index in [1.807, 2.05) is 27.7 Å². The van der Waals surface area contributed by atoms with Crippen molar-refractivity contribution in [1.29, 1.82) is 0 Å². The van der Waals surface area contributed by atoms with E-state index in [-0.39, 0.29) is 16.7 Å². The van der Waals surface area contributed by atoms with Crippen molar-refractivity contribution in [2.75, 3.05) is 5.32 Å². The van der Waals surface area contributed by atoms with Crippen LogP contribution in [0.15, 0.2) is 12.1 Å². The molecule has 1 aromatic rings. The summed E-state index contributed by atoms with van der Waals surface area (Å²) in [4.78, 5) is 11.8. The van der Waals surface area contributed by atoms with Gasteiger partial charge in [0.1, 0.15) is 0 Å². The summed E-state index contributed by atoms with van der Waals surface area (Å²) in [6, 6.07) is 4.17. The molecular weight excluding hydrogens is 278 g/mol. The molecule has 17 heavy (non-hydrogen) atoms. The average Bonchev–Trinajstić information content (AvgIpc) is 2.21. The number of alkyl halides is 1. The highest BCUT2D eigenvalue weighted by molar-refractivity contribution is 9.10. The second kappa shape index (κ2) is 5.67. The standard InChI is InChI=1S/C14H20BrNO/c1-8(2)12(15)14(17)16-13-10(4)6-9(3)7-11(13)5/h6-8,12H,1-5H3,(H,16,17)/t12-/m1/s1. The fourth-order valence-electron chi connectivity index (χ4n) is 1.87. The number of hydrogen-bond donors (Lipinski definition) is 1. The predicted octanol–water partition coefficient (Wildman–Crippen LogP) is 3.97. The summed E-state index contributed by atoms with van der Waals surface area (Å²) >= 11 is 3.42. The Morgan fingerprint density at radius 2 is 1.65 bits per heavy atom. The molecular formula is C14H20BrNO. The zero-order chi connectivity index (χ0) is 13.2. The van der Waals surface area contributed by atoms with Crippen molar-refractivity contribution in [3.63, 3.8) is 0 Å². The van der Waals surface area contributed by atoms with E-state index in [2.05, 4.69) is 40.3 Å². The Morgan fingerprint density at radius 3 is 2.06 bits per heavy atom. The van der Waals surface area contributed by atoms with Crippen LogP contribution in [0.4, 0.5) is 5.69 Å². The third kappa shape index (κ3) is 3.56. The van der Waals surface area contributed by atoms with Crippen LogP contribution in [0, 0.1) is 26.7 Å². The van der Waals surface area contributed by atoms with Crippen LogP contribution in [-0.4, -0.2) is 10.7 Å². The first-order chi connectivity index (χ1) is 7.82. The lowest BCUT2D eigenvalue weighted by Gasteiger charge is -2.17. The molecule has 0 aromatic heterocycles. The van der Waals surface area contributed by atoms with Gasteiger partial charge in [-0.25, -0.2) is 0 Å². The van der Waals surface area contributed by atoms with Gasteiger partial charge in [0.25, 0.3) is 0 Å². The Balaban J connectivity index is 2.93. The highest BCUT2D eigenvalue weighted by atomic mass is 79.9. The van der Waals surface area contributed by atoms with Crippen molar-refractivity contribution >= 4 is 27.5 Å². The summed E-state index contributed by atoms with van der Waals surface area (Å²) in [6.07, 6.45) is 0. The number of carbonyl (C=O) groups is 1. The fraction of sp³-hybridized carbons (Fsp3) is 0.500. The Morgan fingerprint density at radius 1 is 1.18 bits per heavy atom. The van der Waals surface area contributed by atoms with Crippen LogP contribution >= 0.6 is 15.9 Å². The van der Waals surface area contributed by atoms with Gasteiger partial charge in [-0.1, -0.05) is 47.5 Å². The Hall–Kier alpha value is -0.830. The molecule has 1 aromatic carbocycles. The molecule has 94 valence electrons. The summed E-state index contributed by atoms with van der Waals surface area (Å²) in [5.41, 5.74) is 4.38. The summed E-state index contributed by atoms with van der Waals surface area (Å²) < 4.78 is 0. The SMILES string of the molecule is Cc1cc(C)c(NC(=O)[C@H](Br)C(C)C)c(C)c1. The van der Waals surface area contributed by atoms with Gasteiger partial charge in [0, 0.05) is 5.69 Å². The van der Waals surface area contributed by atoms with Crippen LogP contribution in [0.1, 0.15) is 30.5 Å². The molecule has 0 aliphatic rings. The van der Waals surface area contributed by atoms with Crippen molar-refractivity contribution in [2.24, 2.45) is 5.92 Å². The van der Waals surface area contributed by atoms with Gasteiger partial charge in [-0.2, -0.15) is 0 Å². The quantitative estimate of drug-likeness (QED) is 0.841. The largest absolute Gasteiger partial charge is 0.325 e. The van der Waals surface area contributed by atoms with Gasteiger partial charge in [-0.3, -0.25) is 4.79 Å². The molecule has 0 radical (unpaired) electrons. The van der Waals surface area contributed by atoms with E-state index in [0.717, 1.165) is 16.8 Å². The van der Waals surface area contributed by atoms with E-state index in [9.17, 15) is 4.79 Å².